The zero-order valence-electron chi connectivity index (χ0n) is 15.4. The first-order valence-electron chi connectivity index (χ1n) is 8.51. The molecular weight excluding hydrogens is 380 g/mol. The number of nitrogens with one attached hydrogen (secondary N) is 2. The summed E-state index contributed by atoms with van der Waals surface area (Å²) in [5.74, 6) is -0.605. The van der Waals surface area contributed by atoms with Gasteiger partial charge in [0.05, 0.1) is 6.54 Å². The third kappa shape index (κ3) is 4.15. The van der Waals surface area contributed by atoms with E-state index in [4.69, 9.17) is 11.6 Å². The SMILES string of the molecule is CN(C)c1ccc(NC(=O)c2c[nH]c(=O)n(Cc3ccccc3Cl)c2=O)cc1. The molecule has 1 amide bonds. The lowest BCUT2D eigenvalue weighted by molar-refractivity contribution is 0.102. The van der Waals surface area contributed by atoms with Crippen LogP contribution in [0.5, 0.6) is 0 Å². The first-order valence-corrected chi connectivity index (χ1v) is 8.89. The van der Waals surface area contributed by atoms with Crippen LogP contribution in [0.4, 0.5) is 11.4 Å². The van der Waals surface area contributed by atoms with Gasteiger partial charge in [0.1, 0.15) is 5.56 Å². The van der Waals surface area contributed by atoms with E-state index in [1.54, 1.807) is 36.4 Å². The third-order valence-corrected chi connectivity index (χ3v) is 4.60. The lowest BCUT2D eigenvalue weighted by atomic mass is 10.2. The first-order chi connectivity index (χ1) is 13.4. The molecule has 0 aliphatic rings. The van der Waals surface area contributed by atoms with Crippen LogP contribution in [0.15, 0.2) is 64.3 Å². The van der Waals surface area contributed by atoms with Gasteiger partial charge in [-0.15, -0.1) is 0 Å². The molecule has 7 nitrogen and oxygen atoms in total. The standard InChI is InChI=1S/C20H19ClN4O3/c1-24(2)15-9-7-14(8-10-15)23-18(26)16-11-22-20(28)25(19(16)27)12-13-5-3-4-6-17(13)21/h3-11H,12H2,1-2H3,(H,22,28)(H,23,26). The summed E-state index contributed by atoms with van der Waals surface area (Å²) in [6, 6.07) is 14.1. The smallest absolute Gasteiger partial charge is 0.328 e. The van der Waals surface area contributed by atoms with Crippen LogP contribution in [-0.4, -0.2) is 29.6 Å². The molecule has 2 N–H and O–H groups in total. The maximum Gasteiger partial charge on any atom is 0.328 e. The predicted octanol–water partition coefficient (Wildman–Crippen LogP) is 2.56. The van der Waals surface area contributed by atoms with Gasteiger partial charge in [0.25, 0.3) is 11.5 Å². The van der Waals surface area contributed by atoms with Gasteiger partial charge in [-0.2, -0.15) is 0 Å². The van der Waals surface area contributed by atoms with E-state index < -0.39 is 17.2 Å². The molecule has 3 rings (SSSR count). The molecule has 0 unspecified atom stereocenters. The first kappa shape index (κ1) is 19.4. The Morgan fingerprint density at radius 2 is 1.79 bits per heavy atom. The highest BCUT2D eigenvalue weighted by Crippen LogP contribution is 2.16. The minimum Gasteiger partial charge on any atom is -0.378 e. The number of carbonyl (C=O) groups is 1. The van der Waals surface area contributed by atoms with E-state index in [2.05, 4.69) is 10.3 Å². The maximum atomic E-state index is 12.7. The monoisotopic (exact) mass is 398 g/mol. The van der Waals surface area contributed by atoms with Gasteiger partial charge < -0.3 is 15.2 Å². The van der Waals surface area contributed by atoms with Crippen molar-refractivity contribution in [2.24, 2.45) is 0 Å². The fraction of sp³-hybridized carbons (Fsp3) is 0.150. The highest BCUT2D eigenvalue weighted by atomic mass is 35.5. The molecule has 0 radical (unpaired) electrons. The molecule has 1 aromatic heterocycles. The van der Waals surface area contributed by atoms with Crippen LogP contribution in [0.3, 0.4) is 0 Å². The summed E-state index contributed by atoms with van der Waals surface area (Å²) in [5.41, 5.74) is 0.655. The van der Waals surface area contributed by atoms with Gasteiger partial charge in [-0.25, -0.2) is 4.79 Å². The maximum absolute atomic E-state index is 12.7. The van der Waals surface area contributed by atoms with Crippen LogP contribution < -0.4 is 21.5 Å². The Bertz CT molecular complexity index is 1120. The quantitative estimate of drug-likeness (QED) is 0.691. The number of halogens is 1. The average Bonchev–Trinajstić information content (AvgIpc) is 2.66. The fourth-order valence-corrected chi connectivity index (χ4v) is 2.85. The Labute approximate surface area is 166 Å². The van der Waals surface area contributed by atoms with Gasteiger partial charge in [-0.05, 0) is 35.9 Å². The van der Waals surface area contributed by atoms with Crippen molar-refractivity contribution in [1.29, 1.82) is 0 Å². The molecule has 144 valence electrons. The van der Waals surface area contributed by atoms with Gasteiger partial charge in [-0.3, -0.25) is 14.2 Å². The van der Waals surface area contributed by atoms with Gasteiger partial charge in [0, 0.05) is 36.7 Å². The van der Waals surface area contributed by atoms with E-state index in [1.165, 1.54) is 0 Å². The molecule has 8 heteroatoms. The molecule has 0 spiro atoms. The van der Waals surface area contributed by atoms with E-state index in [9.17, 15) is 14.4 Å². The third-order valence-electron chi connectivity index (χ3n) is 4.23. The fourth-order valence-electron chi connectivity index (χ4n) is 2.66. The number of anilines is 2. The molecule has 1 heterocycles. The zero-order valence-corrected chi connectivity index (χ0v) is 16.2. The molecule has 0 aliphatic carbocycles. The van der Waals surface area contributed by atoms with Crippen LogP contribution in [-0.2, 0) is 6.54 Å². The van der Waals surface area contributed by atoms with E-state index in [1.807, 2.05) is 31.1 Å². The molecule has 2 aromatic carbocycles. The summed E-state index contributed by atoms with van der Waals surface area (Å²) in [7, 11) is 3.82. The Hall–Kier alpha value is -3.32. The number of hydrogen-bond donors (Lipinski definition) is 2. The highest BCUT2D eigenvalue weighted by Gasteiger charge is 2.16. The Morgan fingerprint density at radius 3 is 2.43 bits per heavy atom. The number of aromatic amines is 1. The Morgan fingerprint density at radius 1 is 1.11 bits per heavy atom. The molecular formula is C20H19ClN4O3. The molecule has 0 saturated heterocycles. The van der Waals surface area contributed by atoms with Gasteiger partial charge in [0.15, 0.2) is 0 Å². The zero-order chi connectivity index (χ0) is 20.3. The predicted molar refractivity (Wildman–Crippen MR) is 111 cm³/mol. The molecule has 0 saturated carbocycles. The Kier molecular flexibility index (Phi) is 5.65. The number of carbonyl (C=O) groups excluding carboxylic acids is 1. The van der Waals surface area contributed by atoms with Crippen molar-refractivity contribution in [2.45, 2.75) is 6.54 Å². The van der Waals surface area contributed by atoms with Gasteiger partial charge in [-0.1, -0.05) is 29.8 Å². The molecule has 0 aliphatic heterocycles. The number of rotatable bonds is 5. The summed E-state index contributed by atoms with van der Waals surface area (Å²) in [6.45, 7) is -0.0352. The van der Waals surface area contributed by atoms with Crippen molar-refractivity contribution in [3.63, 3.8) is 0 Å². The summed E-state index contributed by atoms with van der Waals surface area (Å²) in [6.07, 6.45) is 1.12. The van der Waals surface area contributed by atoms with Crippen molar-refractivity contribution in [3.05, 3.63) is 91.7 Å². The van der Waals surface area contributed by atoms with Crippen molar-refractivity contribution in [1.82, 2.24) is 9.55 Å². The van der Waals surface area contributed by atoms with E-state index in [-0.39, 0.29) is 12.1 Å². The van der Waals surface area contributed by atoms with Gasteiger partial charge >= 0.3 is 5.69 Å². The Balaban J connectivity index is 1.88. The molecule has 3 aromatic rings. The minimum absolute atomic E-state index is 0.0352. The minimum atomic E-state index is -0.689. The second-order valence-corrected chi connectivity index (χ2v) is 6.79. The van der Waals surface area contributed by atoms with E-state index >= 15 is 0 Å². The average molecular weight is 399 g/mol. The van der Waals surface area contributed by atoms with Gasteiger partial charge in [0.2, 0.25) is 0 Å². The van der Waals surface area contributed by atoms with Crippen molar-refractivity contribution >= 4 is 28.9 Å². The van der Waals surface area contributed by atoms with Crippen molar-refractivity contribution in [2.75, 3.05) is 24.3 Å². The number of amides is 1. The number of hydrogen-bond acceptors (Lipinski definition) is 4. The van der Waals surface area contributed by atoms with Crippen LogP contribution in [0, 0.1) is 0 Å². The summed E-state index contributed by atoms with van der Waals surface area (Å²) < 4.78 is 0.950. The van der Waals surface area contributed by atoms with E-state index in [0.717, 1.165) is 16.5 Å². The number of nitrogens with zero attached hydrogens (tertiary/aromatic N) is 2. The largest absolute Gasteiger partial charge is 0.378 e. The molecule has 0 fully saturated rings. The van der Waals surface area contributed by atoms with E-state index in [0.29, 0.717) is 16.3 Å². The summed E-state index contributed by atoms with van der Waals surface area (Å²) in [4.78, 5) is 41.8. The second-order valence-electron chi connectivity index (χ2n) is 6.39. The lowest BCUT2D eigenvalue weighted by Crippen LogP contribution is -2.39. The van der Waals surface area contributed by atoms with Crippen molar-refractivity contribution in [3.8, 4) is 0 Å². The van der Waals surface area contributed by atoms with Crippen LogP contribution in [0.2, 0.25) is 5.02 Å². The summed E-state index contributed by atoms with van der Waals surface area (Å²) >= 11 is 6.11. The normalized spacial score (nSPS) is 10.5. The number of aromatic nitrogens is 2. The van der Waals surface area contributed by atoms with Crippen LogP contribution in [0.25, 0.3) is 0 Å². The molecule has 28 heavy (non-hydrogen) atoms. The van der Waals surface area contributed by atoms with Crippen molar-refractivity contribution < 1.29 is 4.79 Å². The molecule has 0 bridgehead atoms. The topological polar surface area (TPSA) is 87.2 Å². The van der Waals surface area contributed by atoms with Crippen LogP contribution in [0.1, 0.15) is 15.9 Å². The van der Waals surface area contributed by atoms with Crippen LogP contribution >= 0.6 is 11.6 Å². The second kappa shape index (κ2) is 8.14. The highest BCUT2D eigenvalue weighted by molar-refractivity contribution is 6.31. The lowest BCUT2D eigenvalue weighted by Gasteiger charge is -2.13. The molecule has 0 atom stereocenters. The number of benzene rings is 2. The summed E-state index contributed by atoms with van der Waals surface area (Å²) in [5, 5.41) is 3.10. The number of H-pyrrole nitrogens is 1.